The van der Waals surface area contributed by atoms with Gasteiger partial charge in [0.1, 0.15) is 6.61 Å². The molecule has 2 N–H and O–H groups in total. The summed E-state index contributed by atoms with van der Waals surface area (Å²) in [5.74, 6) is -0.407. The predicted molar refractivity (Wildman–Crippen MR) is 93.9 cm³/mol. The molecule has 2 rings (SSSR count). The first-order chi connectivity index (χ1) is 11.3. The van der Waals surface area contributed by atoms with Crippen LogP contribution in [-0.4, -0.2) is 28.0 Å². The lowest BCUT2D eigenvalue weighted by Gasteiger charge is -2.14. The van der Waals surface area contributed by atoms with Crippen LogP contribution in [0.15, 0.2) is 47.4 Å². The van der Waals surface area contributed by atoms with Crippen LogP contribution >= 0.6 is 11.6 Å². The van der Waals surface area contributed by atoms with E-state index in [4.69, 9.17) is 16.3 Å². The number of ether oxygens (including phenoxy) is 1. The third-order valence-corrected chi connectivity index (χ3v) is 4.72. The molecule has 8 heteroatoms. The fourth-order valence-electron chi connectivity index (χ4n) is 1.95. The second kappa shape index (κ2) is 7.65. The van der Waals surface area contributed by atoms with Gasteiger partial charge in [0.05, 0.1) is 16.3 Å². The smallest absolute Gasteiger partial charge is 0.261 e. The maximum absolute atomic E-state index is 12.5. The van der Waals surface area contributed by atoms with Gasteiger partial charge in [-0.3, -0.25) is 9.52 Å². The van der Waals surface area contributed by atoms with E-state index in [9.17, 15) is 13.2 Å². The standard InChI is InChI=1S/C16H17ClN2O4S/c1-11-3-6-13(7-4-11)24(21,22)19-15-9-12(17)5-8-14(15)18-16(20)10-23-2/h3-9,19H,10H2,1-2H3,(H,18,20). The van der Waals surface area contributed by atoms with Gasteiger partial charge in [-0.05, 0) is 37.3 Å². The minimum Gasteiger partial charge on any atom is -0.375 e. The molecule has 128 valence electrons. The van der Waals surface area contributed by atoms with Crippen LogP contribution in [0.5, 0.6) is 0 Å². The number of aryl methyl sites for hydroxylation is 1. The molecular weight excluding hydrogens is 352 g/mol. The molecule has 0 unspecified atom stereocenters. The first-order valence-corrected chi connectivity index (χ1v) is 8.86. The van der Waals surface area contributed by atoms with E-state index in [1.54, 1.807) is 18.2 Å². The number of nitrogens with one attached hydrogen (secondary N) is 2. The molecular formula is C16H17ClN2O4S. The molecule has 0 saturated carbocycles. The van der Waals surface area contributed by atoms with E-state index in [2.05, 4.69) is 10.0 Å². The zero-order valence-corrected chi connectivity index (χ0v) is 14.7. The zero-order valence-electron chi connectivity index (χ0n) is 13.2. The van der Waals surface area contributed by atoms with Crippen molar-refractivity contribution in [1.29, 1.82) is 0 Å². The second-order valence-electron chi connectivity index (χ2n) is 5.09. The van der Waals surface area contributed by atoms with Gasteiger partial charge in [0.25, 0.3) is 10.0 Å². The molecule has 0 bridgehead atoms. The third kappa shape index (κ3) is 4.70. The highest BCUT2D eigenvalue weighted by molar-refractivity contribution is 7.92. The Morgan fingerprint density at radius 1 is 1.12 bits per heavy atom. The fourth-order valence-corrected chi connectivity index (χ4v) is 3.19. The van der Waals surface area contributed by atoms with Crippen LogP contribution in [0.2, 0.25) is 5.02 Å². The summed E-state index contributed by atoms with van der Waals surface area (Å²) in [6, 6.07) is 10.9. The van der Waals surface area contributed by atoms with E-state index in [-0.39, 0.29) is 22.9 Å². The number of halogens is 1. The van der Waals surface area contributed by atoms with Gasteiger partial charge in [-0.1, -0.05) is 29.3 Å². The Kier molecular flexibility index (Phi) is 5.82. The molecule has 0 aromatic heterocycles. The molecule has 0 radical (unpaired) electrons. The lowest BCUT2D eigenvalue weighted by atomic mass is 10.2. The summed E-state index contributed by atoms with van der Waals surface area (Å²) in [5, 5.41) is 2.91. The summed E-state index contributed by atoms with van der Waals surface area (Å²) in [5.41, 5.74) is 1.41. The number of carbonyl (C=O) groups excluding carboxylic acids is 1. The molecule has 2 aromatic rings. The lowest BCUT2D eigenvalue weighted by Crippen LogP contribution is -2.20. The maximum Gasteiger partial charge on any atom is 0.261 e. The number of amides is 1. The largest absolute Gasteiger partial charge is 0.375 e. The van der Waals surface area contributed by atoms with E-state index in [0.29, 0.717) is 5.02 Å². The fraction of sp³-hybridized carbons (Fsp3) is 0.188. The van der Waals surface area contributed by atoms with Crippen LogP contribution in [0.1, 0.15) is 5.56 Å². The second-order valence-corrected chi connectivity index (χ2v) is 7.21. The van der Waals surface area contributed by atoms with Crippen molar-refractivity contribution in [2.75, 3.05) is 23.8 Å². The van der Waals surface area contributed by atoms with Crippen LogP contribution in [0.25, 0.3) is 0 Å². The number of carbonyl (C=O) groups is 1. The van der Waals surface area contributed by atoms with E-state index in [1.807, 2.05) is 6.92 Å². The van der Waals surface area contributed by atoms with Crippen LogP contribution in [0, 0.1) is 6.92 Å². The van der Waals surface area contributed by atoms with Crippen molar-refractivity contribution in [2.45, 2.75) is 11.8 Å². The van der Waals surface area contributed by atoms with Crippen LogP contribution in [-0.2, 0) is 19.6 Å². The molecule has 0 aliphatic rings. The Hall–Kier alpha value is -2.09. The number of methoxy groups -OCH3 is 1. The normalized spacial score (nSPS) is 11.1. The Morgan fingerprint density at radius 2 is 1.79 bits per heavy atom. The first-order valence-electron chi connectivity index (χ1n) is 6.99. The number of sulfonamides is 1. The average Bonchev–Trinajstić information content (AvgIpc) is 2.50. The number of anilines is 2. The number of hydrogen-bond donors (Lipinski definition) is 2. The van der Waals surface area contributed by atoms with Gasteiger partial charge in [-0.15, -0.1) is 0 Å². The monoisotopic (exact) mass is 368 g/mol. The minimum atomic E-state index is -3.81. The van der Waals surface area contributed by atoms with Crippen molar-refractivity contribution < 1.29 is 17.9 Å². The Bertz CT molecular complexity index is 836. The molecule has 0 heterocycles. The number of rotatable bonds is 6. The summed E-state index contributed by atoms with van der Waals surface area (Å²) in [7, 11) is -2.42. The van der Waals surface area contributed by atoms with E-state index < -0.39 is 15.9 Å². The highest BCUT2D eigenvalue weighted by Crippen LogP contribution is 2.28. The molecule has 2 aromatic carbocycles. The molecule has 0 fully saturated rings. The first kappa shape index (κ1) is 18.3. The molecule has 0 saturated heterocycles. The van der Waals surface area contributed by atoms with Gasteiger partial charge < -0.3 is 10.1 Å². The van der Waals surface area contributed by atoms with Gasteiger partial charge in [0.2, 0.25) is 5.91 Å². The van der Waals surface area contributed by atoms with Gasteiger partial charge in [-0.2, -0.15) is 0 Å². The number of benzene rings is 2. The molecule has 6 nitrogen and oxygen atoms in total. The van der Waals surface area contributed by atoms with Crippen molar-refractivity contribution in [1.82, 2.24) is 0 Å². The highest BCUT2D eigenvalue weighted by atomic mass is 35.5. The van der Waals surface area contributed by atoms with Crippen molar-refractivity contribution in [3.05, 3.63) is 53.1 Å². The van der Waals surface area contributed by atoms with Crippen molar-refractivity contribution >= 4 is 38.9 Å². The summed E-state index contributed by atoms with van der Waals surface area (Å²) in [6.45, 7) is 1.72. The molecule has 0 aliphatic carbocycles. The van der Waals surface area contributed by atoms with Crippen LogP contribution in [0.3, 0.4) is 0 Å². The van der Waals surface area contributed by atoms with Crippen molar-refractivity contribution in [3.63, 3.8) is 0 Å². The molecule has 0 atom stereocenters. The molecule has 24 heavy (non-hydrogen) atoms. The van der Waals surface area contributed by atoms with Gasteiger partial charge in [-0.25, -0.2) is 8.42 Å². The van der Waals surface area contributed by atoms with Crippen molar-refractivity contribution in [3.8, 4) is 0 Å². The van der Waals surface area contributed by atoms with E-state index in [0.717, 1.165) is 5.56 Å². The van der Waals surface area contributed by atoms with Gasteiger partial charge >= 0.3 is 0 Å². The topological polar surface area (TPSA) is 84.5 Å². The SMILES string of the molecule is COCC(=O)Nc1ccc(Cl)cc1NS(=O)(=O)c1ccc(C)cc1. The van der Waals surface area contributed by atoms with Crippen molar-refractivity contribution in [2.24, 2.45) is 0 Å². The lowest BCUT2D eigenvalue weighted by molar-refractivity contribution is -0.119. The summed E-state index contributed by atoms with van der Waals surface area (Å²) < 4.78 is 32.2. The predicted octanol–water partition coefficient (Wildman–Crippen LogP) is 3.03. The quantitative estimate of drug-likeness (QED) is 0.820. The third-order valence-electron chi connectivity index (χ3n) is 3.11. The Morgan fingerprint density at radius 3 is 2.42 bits per heavy atom. The number of hydrogen-bond acceptors (Lipinski definition) is 4. The molecule has 1 amide bonds. The Labute approximate surface area is 145 Å². The summed E-state index contributed by atoms with van der Waals surface area (Å²) in [6.07, 6.45) is 0. The zero-order chi connectivity index (χ0) is 17.7. The summed E-state index contributed by atoms with van der Waals surface area (Å²) in [4.78, 5) is 11.8. The molecule has 0 aliphatic heterocycles. The Balaban J connectivity index is 2.32. The van der Waals surface area contributed by atoms with E-state index >= 15 is 0 Å². The van der Waals surface area contributed by atoms with E-state index in [1.165, 1.54) is 31.4 Å². The van der Waals surface area contributed by atoms with Gasteiger partial charge in [0.15, 0.2) is 0 Å². The maximum atomic E-state index is 12.5. The van der Waals surface area contributed by atoms with Crippen LogP contribution in [0.4, 0.5) is 11.4 Å². The average molecular weight is 369 g/mol. The molecule has 0 spiro atoms. The van der Waals surface area contributed by atoms with Gasteiger partial charge in [0, 0.05) is 12.1 Å². The highest BCUT2D eigenvalue weighted by Gasteiger charge is 2.17. The van der Waals surface area contributed by atoms with Crippen LogP contribution < -0.4 is 10.0 Å². The minimum absolute atomic E-state index is 0.113. The summed E-state index contributed by atoms with van der Waals surface area (Å²) >= 11 is 5.94.